The first-order valence-corrected chi connectivity index (χ1v) is 5.11. The number of methoxy groups -OCH3 is 2. The highest BCUT2D eigenvalue weighted by Gasteiger charge is 2.07. The number of rotatable bonds is 5. The fourth-order valence-electron chi connectivity index (χ4n) is 1.53. The molecule has 0 aliphatic heterocycles. The Morgan fingerprint density at radius 3 is 2.56 bits per heavy atom. The fraction of sp³-hybridized carbons (Fsp3) is 0.385. The third-order valence-electron chi connectivity index (χ3n) is 2.33. The van der Waals surface area contributed by atoms with Gasteiger partial charge in [0.1, 0.15) is 0 Å². The molecular weight excluding hydrogens is 202 g/mol. The van der Waals surface area contributed by atoms with Crippen LogP contribution in [0.5, 0.6) is 11.5 Å². The van der Waals surface area contributed by atoms with Crippen molar-refractivity contribution in [1.82, 2.24) is 0 Å². The summed E-state index contributed by atoms with van der Waals surface area (Å²) in [6, 6.07) is 5.76. The molecule has 0 fully saturated rings. The van der Waals surface area contributed by atoms with E-state index in [1.165, 1.54) is 0 Å². The van der Waals surface area contributed by atoms with Crippen LogP contribution in [0.4, 0.5) is 0 Å². The lowest BCUT2D eigenvalue weighted by Gasteiger charge is -2.11. The number of hydrogen-bond donors (Lipinski definition) is 1. The highest BCUT2D eigenvalue weighted by molar-refractivity contribution is 5.43. The highest BCUT2D eigenvalue weighted by atomic mass is 16.5. The van der Waals surface area contributed by atoms with Crippen LogP contribution in [-0.4, -0.2) is 20.3 Å². The van der Waals surface area contributed by atoms with Crippen molar-refractivity contribution in [3.05, 3.63) is 23.8 Å². The zero-order chi connectivity index (χ0) is 12.0. The Morgan fingerprint density at radius 2 is 2.00 bits per heavy atom. The second kappa shape index (κ2) is 6.04. The molecule has 3 nitrogen and oxygen atoms in total. The van der Waals surface area contributed by atoms with Gasteiger partial charge in [0.2, 0.25) is 0 Å². The minimum absolute atomic E-state index is 0.0110. The van der Waals surface area contributed by atoms with Gasteiger partial charge in [-0.05, 0) is 24.1 Å². The quantitative estimate of drug-likeness (QED) is 0.765. The zero-order valence-electron chi connectivity index (χ0n) is 9.69. The van der Waals surface area contributed by atoms with E-state index in [1.807, 2.05) is 18.2 Å². The number of nitrogens with two attached hydrogens (primary N) is 1. The average molecular weight is 219 g/mol. The van der Waals surface area contributed by atoms with Crippen LogP contribution in [-0.2, 0) is 6.42 Å². The van der Waals surface area contributed by atoms with E-state index in [0.29, 0.717) is 12.2 Å². The van der Waals surface area contributed by atoms with E-state index in [2.05, 4.69) is 5.92 Å². The monoisotopic (exact) mass is 219 g/mol. The van der Waals surface area contributed by atoms with E-state index in [1.54, 1.807) is 14.2 Å². The van der Waals surface area contributed by atoms with E-state index in [-0.39, 0.29) is 6.04 Å². The van der Waals surface area contributed by atoms with Gasteiger partial charge in [0.25, 0.3) is 0 Å². The third kappa shape index (κ3) is 3.18. The van der Waals surface area contributed by atoms with Crippen LogP contribution in [0.3, 0.4) is 0 Å². The maximum absolute atomic E-state index is 5.86. The second-order valence-electron chi connectivity index (χ2n) is 3.56. The summed E-state index contributed by atoms with van der Waals surface area (Å²) in [7, 11) is 3.23. The minimum Gasteiger partial charge on any atom is -0.493 e. The Labute approximate surface area is 96.6 Å². The number of ether oxygens (including phenoxy) is 2. The van der Waals surface area contributed by atoms with Crippen LogP contribution in [0.2, 0.25) is 0 Å². The molecule has 2 N–H and O–H groups in total. The Bertz CT molecular complexity index is 382. The molecule has 1 aromatic carbocycles. The van der Waals surface area contributed by atoms with E-state index in [4.69, 9.17) is 21.6 Å². The largest absolute Gasteiger partial charge is 0.493 e. The molecular formula is C13H17NO2. The van der Waals surface area contributed by atoms with E-state index in [0.717, 1.165) is 17.7 Å². The fourth-order valence-corrected chi connectivity index (χ4v) is 1.53. The lowest BCUT2D eigenvalue weighted by Crippen LogP contribution is -2.21. The van der Waals surface area contributed by atoms with Crippen molar-refractivity contribution in [2.24, 2.45) is 5.73 Å². The summed E-state index contributed by atoms with van der Waals surface area (Å²) in [4.78, 5) is 0. The van der Waals surface area contributed by atoms with Gasteiger partial charge in [-0.3, -0.25) is 0 Å². The van der Waals surface area contributed by atoms with Crippen molar-refractivity contribution in [3.8, 4) is 23.8 Å². The summed E-state index contributed by atoms with van der Waals surface area (Å²) in [6.07, 6.45) is 6.53. The van der Waals surface area contributed by atoms with Crippen LogP contribution in [0.15, 0.2) is 18.2 Å². The van der Waals surface area contributed by atoms with Gasteiger partial charge in [-0.1, -0.05) is 6.07 Å². The molecule has 1 atom stereocenters. The smallest absolute Gasteiger partial charge is 0.160 e. The number of hydrogen-bond acceptors (Lipinski definition) is 3. The lowest BCUT2D eigenvalue weighted by atomic mass is 10.0. The van der Waals surface area contributed by atoms with Gasteiger partial charge >= 0.3 is 0 Å². The first-order chi connectivity index (χ1) is 7.71. The summed E-state index contributed by atoms with van der Waals surface area (Å²) < 4.78 is 10.4. The van der Waals surface area contributed by atoms with Crippen molar-refractivity contribution < 1.29 is 9.47 Å². The molecule has 0 aliphatic carbocycles. The molecule has 1 rings (SSSR count). The normalized spacial score (nSPS) is 11.6. The molecule has 3 heteroatoms. The minimum atomic E-state index is -0.0110. The molecule has 0 bridgehead atoms. The van der Waals surface area contributed by atoms with Crippen LogP contribution >= 0.6 is 0 Å². The Kier molecular flexibility index (Phi) is 4.68. The molecule has 0 heterocycles. The van der Waals surface area contributed by atoms with Crippen molar-refractivity contribution >= 4 is 0 Å². The molecule has 16 heavy (non-hydrogen) atoms. The Hall–Kier alpha value is -1.66. The van der Waals surface area contributed by atoms with Gasteiger partial charge in [-0.25, -0.2) is 0 Å². The molecule has 1 aromatic rings. The van der Waals surface area contributed by atoms with Crippen LogP contribution < -0.4 is 15.2 Å². The second-order valence-corrected chi connectivity index (χ2v) is 3.56. The molecule has 1 unspecified atom stereocenters. The SMILES string of the molecule is C#CCC(N)Cc1ccc(OC)c(OC)c1. The molecule has 86 valence electrons. The zero-order valence-corrected chi connectivity index (χ0v) is 9.69. The molecule has 0 aliphatic rings. The first kappa shape index (κ1) is 12.4. The maximum Gasteiger partial charge on any atom is 0.160 e. The van der Waals surface area contributed by atoms with E-state index >= 15 is 0 Å². The van der Waals surface area contributed by atoms with Crippen LogP contribution in [0, 0.1) is 12.3 Å². The summed E-state index contributed by atoms with van der Waals surface area (Å²) in [5, 5.41) is 0. The number of terminal acetylenes is 1. The predicted molar refractivity (Wildman–Crippen MR) is 64.7 cm³/mol. The van der Waals surface area contributed by atoms with Crippen LogP contribution in [0.1, 0.15) is 12.0 Å². The molecule has 0 aromatic heterocycles. The average Bonchev–Trinajstić information content (AvgIpc) is 2.29. The highest BCUT2D eigenvalue weighted by Crippen LogP contribution is 2.27. The summed E-state index contributed by atoms with van der Waals surface area (Å²) in [5.41, 5.74) is 6.96. The lowest BCUT2D eigenvalue weighted by molar-refractivity contribution is 0.354. The topological polar surface area (TPSA) is 44.5 Å². The van der Waals surface area contributed by atoms with Gasteiger partial charge in [0.05, 0.1) is 14.2 Å². The summed E-state index contributed by atoms with van der Waals surface area (Å²) in [6.45, 7) is 0. The molecule has 0 radical (unpaired) electrons. The predicted octanol–water partition coefficient (Wildman–Crippen LogP) is 1.60. The van der Waals surface area contributed by atoms with E-state index < -0.39 is 0 Å². The van der Waals surface area contributed by atoms with Gasteiger partial charge < -0.3 is 15.2 Å². The maximum atomic E-state index is 5.86. The van der Waals surface area contributed by atoms with Gasteiger partial charge in [0.15, 0.2) is 11.5 Å². The standard InChI is InChI=1S/C13H17NO2/c1-4-5-11(14)8-10-6-7-12(15-2)13(9-10)16-3/h1,6-7,9,11H,5,8,14H2,2-3H3. The van der Waals surface area contributed by atoms with Crippen LogP contribution in [0.25, 0.3) is 0 Å². The number of benzene rings is 1. The third-order valence-corrected chi connectivity index (χ3v) is 2.33. The summed E-state index contributed by atoms with van der Waals surface area (Å²) in [5.74, 6) is 3.99. The summed E-state index contributed by atoms with van der Waals surface area (Å²) >= 11 is 0. The molecule has 0 saturated heterocycles. The van der Waals surface area contributed by atoms with E-state index in [9.17, 15) is 0 Å². The Morgan fingerprint density at radius 1 is 1.31 bits per heavy atom. The van der Waals surface area contributed by atoms with Crippen molar-refractivity contribution in [3.63, 3.8) is 0 Å². The van der Waals surface area contributed by atoms with Gasteiger partial charge in [-0.2, -0.15) is 0 Å². The van der Waals surface area contributed by atoms with Crippen molar-refractivity contribution in [2.75, 3.05) is 14.2 Å². The van der Waals surface area contributed by atoms with Gasteiger partial charge in [0, 0.05) is 12.5 Å². The molecule has 0 amide bonds. The van der Waals surface area contributed by atoms with Crippen molar-refractivity contribution in [2.45, 2.75) is 18.9 Å². The molecule has 0 spiro atoms. The first-order valence-electron chi connectivity index (χ1n) is 5.11. The van der Waals surface area contributed by atoms with Crippen molar-refractivity contribution in [1.29, 1.82) is 0 Å². The van der Waals surface area contributed by atoms with Gasteiger partial charge in [-0.15, -0.1) is 12.3 Å². The molecule has 0 saturated carbocycles. The Balaban J connectivity index is 2.79.